The normalized spacial score (nSPS) is 11.1. The predicted octanol–water partition coefficient (Wildman–Crippen LogP) is 4.53. The topological polar surface area (TPSA) is 34.9 Å². The van der Waals surface area contributed by atoms with Crippen LogP contribution in [0.25, 0.3) is 0 Å². The van der Waals surface area contributed by atoms with Gasteiger partial charge in [0.15, 0.2) is 0 Å². The Balaban J connectivity index is 2.49. The van der Waals surface area contributed by atoms with Crippen LogP contribution >= 0.6 is 31.9 Å². The van der Waals surface area contributed by atoms with Crippen molar-refractivity contribution in [2.45, 2.75) is 26.8 Å². The van der Waals surface area contributed by atoms with Crippen LogP contribution in [-0.4, -0.2) is 15.6 Å². The van der Waals surface area contributed by atoms with Gasteiger partial charge in [0.25, 0.3) is 0 Å². The van der Waals surface area contributed by atoms with Crippen LogP contribution in [-0.2, 0) is 0 Å². The molecule has 2 aromatic rings. The summed E-state index contributed by atoms with van der Waals surface area (Å²) in [5.74, 6) is -0.0289. The van der Waals surface area contributed by atoms with Crippen molar-refractivity contribution in [1.29, 1.82) is 0 Å². The largest absolute Gasteiger partial charge is 0.287 e. The molecule has 0 spiro atoms. The number of benzene rings is 1. The summed E-state index contributed by atoms with van der Waals surface area (Å²) < 4.78 is 3.40. The zero-order chi connectivity index (χ0) is 14.2. The van der Waals surface area contributed by atoms with E-state index in [0.717, 1.165) is 14.5 Å². The smallest absolute Gasteiger partial charge is 0.212 e. The number of carbonyl (C=O) groups is 1. The zero-order valence-corrected chi connectivity index (χ0v) is 14.1. The molecule has 1 aromatic heterocycles. The number of nitrogens with zero attached hydrogens (tertiary/aromatic N) is 2. The lowest BCUT2D eigenvalue weighted by atomic mass is 10.1. The summed E-state index contributed by atoms with van der Waals surface area (Å²) in [5.41, 5.74) is 2.35. The molecule has 0 aliphatic rings. The maximum atomic E-state index is 12.6. The van der Waals surface area contributed by atoms with Crippen molar-refractivity contribution in [2.75, 3.05) is 0 Å². The van der Waals surface area contributed by atoms with Gasteiger partial charge in [0.1, 0.15) is 5.69 Å². The number of aromatic nitrogens is 2. The lowest BCUT2D eigenvalue weighted by molar-refractivity contribution is 0.102. The number of carbonyl (C=O) groups excluding carboxylic acids is 1. The van der Waals surface area contributed by atoms with Crippen LogP contribution in [0.5, 0.6) is 0 Å². The molecule has 0 atom stereocenters. The molecule has 0 radical (unpaired) electrons. The van der Waals surface area contributed by atoms with Gasteiger partial charge in [-0.25, -0.2) is 0 Å². The highest BCUT2D eigenvalue weighted by molar-refractivity contribution is 9.10. The quantitative estimate of drug-likeness (QED) is 0.727. The average molecular weight is 386 g/mol. The van der Waals surface area contributed by atoms with Crippen LogP contribution in [0, 0.1) is 6.92 Å². The first-order valence-electron chi connectivity index (χ1n) is 5.95. The first kappa shape index (κ1) is 14.5. The molecule has 1 aromatic carbocycles. The first-order chi connectivity index (χ1) is 8.91. The number of hydrogen-bond acceptors (Lipinski definition) is 2. The van der Waals surface area contributed by atoms with Crippen LogP contribution in [0.3, 0.4) is 0 Å². The third-order valence-electron chi connectivity index (χ3n) is 2.89. The van der Waals surface area contributed by atoms with Gasteiger partial charge in [0.2, 0.25) is 5.78 Å². The number of ketones is 1. The van der Waals surface area contributed by atoms with Crippen molar-refractivity contribution in [3.63, 3.8) is 0 Å². The lowest BCUT2D eigenvalue weighted by Crippen LogP contribution is -2.14. The Bertz CT molecular complexity index is 632. The molecular formula is C14H14Br2N2O. The van der Waals surface area contributed by atoms with Crippen LogP contribution in [0.2, 0.25) is 0 Å². The summed E-state index contributed by atoms with van der Waals surface area (Å²) in [6.07, 6.45) is 1.66. The highest BCUT2D eigenvalue weighted by atomic mass is 79.9. The van der Waals surface area contributed by atoms with Crippen molar-refractivity contribution >= 4 is 37.6 Å². The van der Waals surface area contributed by atoms with E-state index in [1.165, 1.54) is 0 Å². The molecule has 5 heteroatoms. The summed E-state index contributed by atoms with van der Waals surface area (Å²) >= 11 is 6.86. The summed E-state index contributed by atoms with van der Waals surface area (Å²) in [7, 11) is 0. The van der Waals surface area contributed by atoms with Crippen LogP contribution in [0.4, 0.5) is 0 Å². The van der Waals surface area contributed by atoms with Crippen molar-refractivity contribution < 1.29 is 4.79 Å². The van der Waals surface area contributed by atoms with Gasteiger partial charge < -0.3 is 0 Å². The zero-order valence-electron chi connectivity index (χ0n) is 10.9. The van der Waals surface area contributed by atoms with E-state index in [4.69, 9.17) is 0 Å². The minimum atomic E-state index is -0.0289. The van der Waals surface area contributed by atoms with E-state index in [1.807, 2.05) is 39.0 Å². The fourth-order valence-electron chi connectivity index (χ4n) is 1.82. The molecule has 0 aliphatic carbocycles. The fourth-order valence-corrected chi connectivity index (χ4v) is 2.65. The molecular weight excluding hydrogens is 372 g/mol. The Morgan fingerprint density at radius 2 is 1.95 bits per heavy atom. The number of aryl methyl sites for hydroxylation is 1. The molecule has 0 saturated carbocycles. The fraction of sp³-hybridized carbons (Fsp3) is 0.286. The molecule has 3 nitrogen and oxygen atoms in total. The Morgan fingerprint density at radius 3 is 2.53 bits per heavy atom. The monoisotopic (exact) mass is 384 g/mol. The second-order valence-corrected chi connectivity index (χ2v) is 6.38. The average Bonchev–Trinajstić information content (AvgIpc) is 2.74. The number of hydrogen-bond donors (Lipinski definition) is 0. The van der Waals surface area contributed by atoms with Gasteiger partial charge in [-0.3, -0.25) is 9.48 Å². The van der Waals surface area contributed by atoms with E-state index in [2.05, 4.69) is 37.0 Å². The third-order valence-corrected chi connectivity index (χ3v) is 4.32. The van der Waals surface area contributed by atoms with Gasteiger partial charge in [0.05, 0.1) is 10.7 Å². The Hall–Kier alpha value is -0.940. The lowest BCUT2D eigenvalue weighted by Gasteiger charge is -2.11. The van der Waals surface area contributed by atoms with Gasteiger partial charge in [0, 0.05) is 16.1 Å². The van der Waals surface area contributed by atoms with Crippen molar-refractivity contribution in [2.24, 2.45) is 0 Å². The van der Waals surface area contributed by atoms with Crippen molar-refractivity contribution in [3.8, 4) is 0 Å². The van der Waals surface area contributed by atoms with E-state index in [9.17, 15) is 4.79 Å². The van der Waals surface area contributed by atoms with E-state index < -0.39 is 0 Å². The summed E-state index contributed by atoms with van der Waals surface area (Å²) in [6, 6.07) is 5.76. The molecule has 2 rings (SSSR count). The Labute approximate surface area is 129 Å². The molecule has 0 fully saturated rings. The highest BCUT2D eigenvalue weighted by Gasteiger charge is 2.20. The highest BCUT2D eigenvalue weighted by Crippen LogP contribution is 2.25. The van der Waals surface area contributed by atoms with E-state index in [1.54, 1.807) is 10.9 Å². The maximum Gasteiger partial charge on any atom is 0.212 e. The minimum absolute atomic E-state index is 0.0289. The van der Waals surface area contributed by atoms with E-state index >= 15 is 0 Å². The van der Waals surface area contributed by atoms with Gasteiger partial charge in [-0.15, -0.1) is 0 Å². The summed E-state index contributed by atoms with van der Waals surface area (Å²) in [6.45, 7) is 6.00. The SMILES string of the molecule is Cc1ccc(C(=O)c2c(Br)cnn2C(C)C)cc1Br. The van der Waals surface area contributed by atoms with Crippen LogP contribution in [0.15, 0.2) is 33.3 Å². The molecule has 0 amide bonds. The molecule has 0 saturated heterocycles. The summed E-state index contributed by atoms with van der Waals surface area (Å²) in [5, 5.41) is 4.24. The summed E-state index contributed by atoms with van der Waals surface area (Å²) in [4.78, 5) is 12.6. The van der Waals surface area contributed by atoms with Gasteiger partial charge >= 0.3 is 0 Å². The van der Waals surface area contributed by atoms with Crippen LogP contribution in [0.1, 0.15) is 41.5 Å². The second kappa shape index (κ2) is 5.59. The molecule has 0 aliphatic heterocycles. The molecule has 0 N–H and O–H groups in total. The number of rotatable bonds is 3. The molecule has 0 bridgehead atoms. The standard InChI is InChI=1S/C14H14Br2N2O/c1-8(2)18-13(12(16)7-17-18)14(19)10-5-4-9(3)11(15)6-10/h4-8H,1-3H3. The molecule has 1 heterocycles. The maximum absolute atomic E-state index is 12.6. The van der Waals surface area contributed by atoms with Crippen molar-refractivity contribution in [1.82, 2.24) is 9.78 Å². The van der Waals surface area contributed by atoms with Gasteiger partial charge in [-0.05, 0) is 48.3 Å². The molecule has 19 heavy (non-hydrogen) atoms. The van der Waals surface area contributed by atoms with Gasteiger partial charge in [-0.2, -0.15) is 5.10 Å². The van der Waals surface area contributed by atoms with Gasteiger partial charge in [-0.1, -0.05) is 28.1 Å². The van der Waals surface area contributed by atoms with E-state index in [-0.39, 0.29) is 11.8 Å². The number of halogens is 2. The molecule has 0 unspecified atom stereocenters. The third kappa shape index (κ3) is 2.82. The molecule has 100 valence electrons. The van der Waals surface area contributed by atoms with E-state index in [0.29, 0.717) is 11.3 Å². The predicted molar refractivity (Wildman–Crippen MR) is 82.6 cm³/mol. The Kier molecular flexibility index (Phi) is 4.26. The second-order valence-electron chi connectivity index (χ2n) is 4.67. The Morgan fingerprint density at radius 1 is 1.26 bits per heavy atom. The minimum Gasteiger partial charge on any atom is -0.287 e. The van der Waals surface area contributed by atoms with Crippen molar-refractivity contribution in [3.05, 3.63) is 50.2 Å². The van der Waals surface area contributed by atoms with Crippen LogP contribution < -0.4 is 0 Å². The first-order valence-corrected chi connectivity index (χ1v) is 7.54.